The first-order valence-electron chi connectivity index (χ1n) is 2.97. The van der Waals surface area contributed by atoms with Gasteiger partial charge in [0.25, 0.3) is 0 Å². The van der Waals surface area contributed by atoms with Gasteiger partial charge in [0.05, 0.1) is 18.1 Å². The predicted molar refractivity (Wildman–Crippen MR) is 45.8 cm³/mol. The fourth-order valence-corrected chi connectivity index (χ4v) is 0.691. The molecule has 66 valence electrons. The van der Waals surface area contributed by atoms with Crippen LogP contribution in [0.4, 0.5) is 5.69 Å². The first kappa shape index (κ1) is 10.6. The molecule has 0 saturated heterocycles. The van der Waals surface area contributed by atoms with E-state index in [1.54, 1.807) is 7.05 Å². The number of anilines is 1. The Kier molecular flexibility index (Phi) is 3.99. The number of hydrogen-bond acceptors (Lipinski definition) is 4. The van der Waals surface area contributed by atoms with Gasteiger partial charge in [-0.15, -0.1) is 12.4 Å². The van der Waals surface area contributed by atoms with Crippen molar-refractivity contribution in [3.8, 4) is 0 Å². The van der Waals surface area contributed by atoms with Crippen molar-refractivity contribution >= 4 is 24.1 Å². The van der Waals surface area contributed by atoms with Crippen LogP contribution in [-0.2, 0) is 0 Å². The monoisotopic (exact) mass is 189 g/mol. The minimum atomic E-state index is -1.01. The summed E-state index contributed by atoms with van der Waals surface area (Å²) in [4.78, 5) is 10.5. The van der Waals surface area contributed by atoms with Gasteiger partial charge in [-0.25, -0.2) is 4.79 Å². The van der Waals surface area contributed by atoms with Crippen molar-refractivity contribution in [1.29, 1.82) is 0 Å². The quantitative estimate of drug-likeness (QED) is 0.714. The third-order valence-electron chi connectivity index (χ3n) is 1.23. The van der Waals surface area contributed by atoms with Crippen LogP contribution in [0.2, 0.25) is 0 Å². The van der Waals surface area contributed by atoms with Crippen LogP contribution in [-0.4, -0.2) is 28.3 Å². The standard InChI is InChI=1S/C6H7N3O2.ClH/c1-7-5-3-9-8-2-4(5)6(10)11;/h2-3H,1H3,(H,7,8)(H,10,11);1H. The minimum absolute atomic E-state index is 0. The van der Waals surface area contributed by atoms with Crippen molar-refractivity contribution in [3.05, 3.63) is 18.0 Å². The Bertz CT molecular complexity index is 279. The van der Waals surface area contributed by atoms with E-state index < -0.39 is 5.97 Å². The van der Waals surface area contributed by atoms with E-state index in [2.05, 4.69) is 15.5 Å². The van der Waals surface area contributed by atoms with Gasteiger partial charge in [-0.05, 0) is 0 Å². The molecule has 12 heavy (non-hydrogen) atoms. The third-order valence-corrected chi connectivity index (χ3v) is 1.23. The van der Waals surface area contributed by atoms with Gasteiger partial charge in [0, 0.05) is 7.05 Å². The van der Waals surface area contributed by atoms with Crippen molar-refractivity contribution in [2.45, 2.75) is 0 Å². The maximum atomic E-state index is 10.5. The van der Waals surface area contributed by atoms with E-state index in [-0.39, 0.29) is 18.0 Å². The van der Waals surface area contributed by atoms with E-state index >= 15 is 0 Å². The van der Waals surface area contributed by atoms with Gasteiger partial charge in [0.2, 0.25) is 0 Å². The second kappa shape index (κ2) is 4.50. The lowest BCUT2D eigenvalue weighted by molar-refractivity contribution is 0.0697. The molecule has 0 unspecified atom stereocenters. The van der Waals surface area contributed by atoms with Crippen LogP contribution in [0, 0.1) is 0 Å². The van der Waals surface area contributed by atoms with Gasteiger partial charge in [-0.1, -0.05) is 0 Å². The summed E-state index contributed by atoms with van der Waals surface area (Å²) in [6.07, 6.45) is 2.57. The molecule has 0 spiro atoms. The lowest BCUT2D eigenvalue weighted by Gasteiger charge is -2.00. The summed E-state index contributed by atoms with van der Waals surface area (Å²) in [6, 6.07) is 0. The van der Waals surface area contributed by atoms with Crippen LogP contribution in [0.15, 0.2) is 12.4 Å². The van der Waals surface area contributed by atoms with Crippen LogP contribution in [0.25, 0.3) is 0 Å². The average Bonchev–Trinajstić information content (AvgIpc) is 2.04. The Labute approximate surface area is 75.2 Å². The summed E-state index contributed by atoms with van der Waals surface area (Å²) < 4.78 is 0. The fraction of sp³-hybridized carbons (Fsp3) is 0.167. The number of hydrogen-bond donors (Lipinski definition) is 2. The molecule has 1 aromatic heterocycles. The normalized spacial score (nSPS) is 8.42. The van der Waals surface area contributed by atoms with E-state index in [1.807, 2.05) is 0 Å². The van der Waals surface area contributed by atoms with E-state index in [4.69, 9.17) is 5.11 Å². The lowest BCUT2D eigenvalue weighted by atomic mass is 10.3. The molecule has 0 saturated carbocycles. The van der Waals surface area contributed by atoms with Gasteiger partial charge in [-0.3, -0.25) is 0 Å². The maximum absolute atomic E-state index is 10.5. The van der Waals surface area contributed by atoms with E-state index in [9.17, 15) is 4.79 Å². The van der Waals surface area contributed by atoms with E-state index in [0.717, 1.165) is 0 Å². The Morgan fingerprint density at radius 2 is 2.08 bits per heavy atom. The highest BCUT2D eigenvalue weighted by Gasteiger charge is 2.07. The number of nitrogens with one attached hydrogen (secondary N) is 1. The number of halogens is 1. The largest absolute Gasteiger partial charge is 0.478 e. The first-order chi connectivity index (χ1) is 5.25. The van der Waals surface area contributed by atoms with Gasteiger partial charge >= 0.3 is 5.97 Å². The highest BCUT2D eigenvalue weighted by molar-refractivity contribution is 5.93. The van der Waals surface area contributed by atoms with Gasteiger partial charge < -0.3 is 10.4 Å². The number of aromatic nitrogens is 2. The SMILES string of the molecule is CNc1cnncc1C(=O)O.Cl. The highest BCUT2D eigenvalue weighted by Crippen LogP contribution is 2.09. The molecule has 1 aromatic rings. The zero-order valence-electron chi connectivity index (χ0n) is 6.31. The Morgan fingerprint density at radius 1 is 1.50 bits per heavy atom. The molecule has 0 bridgehead atoms. The summed E-state index contributed by atoms with van der Waals surface area (Å²) in [5.41, 5.74) is 0.593. The van der Waals surface area contributed by atoms with Crippen LogP contribution < -0.4 is 5.32 Å². The predicted octanol–water partition coefficient (Wildman–Crippen LogP) is 0.638. The fourth-order valence-electron chi connectivity index (χ4n) is 0.691. The lowest BCUT2D eigenvalue weighted by Crippen LogP contribution is -2.03. The first-order valence-corrected chi connectivity index (χ1v) is 2.97. The molecular formula is C6H8ClN3O2. The molecule has 1 heterocycles. The summed E-state index contributed by atoms with van der Waals surface area (Å²) in [5, 5.41) is 18.2. The minimum Gasteiger partial charge on any atom is -0.478 e. The molecule has 2 N–H and O–H groups in total. The van der Waals surface area contributed by atoms with Gasteiger partial charge in [0.15, 0.2) is 0 Å². The van der Waals surface area contributed by atoms with Crippen molar-refractivity contribution in [1.82, 2.24) is 10.2 Å². The zero-order valence-corrected chi connectivity index (χ0v) is 7.13. The molecule has 0 aliphatic rings. The molecule has 0 atom stereocenters. The Morgan fingerprint density at radius 3 is 2.50 bits per heavy atom. The molecule has 0 aliphatic heterocycles. The smallest absolute Gasteiger partial charge is 0.339 e. The highest BCUT2D eigenvalue weighted by atomic mass is 35.5. The Balaban J connectivity index is 0.00000121. The van der Waals surface area contributed by atoms with Gasteiger partial charge in [-0.2, -0.15) is 10.2 Å². The van der Waals surface area contributed by atoms with Crippen LogP contribution in [0.3, 0.4) is 0 Å². The molecule has 0 aliphatic carbocycles. The number of rotatable bonds is 2. The third kappa shape index (κ3) is 2.06. The number of aromatic carboxylic acids is 1. The molecule has 1 rings (SSSR count). The number of carboxylic acids is 1. The molecule has 6 heteroatoms. The second-order valence-electron chi connectivity index (χ2n) is 1.87. The van der Waals surface area contributed by atoms with Crippen molar-refractivity contribution in [3.63, 3.8) is 0 Å². The van der Waals surface area contributed by atoms with E-state index in [1.165, 1.54) is 12.4 Å². The molecule has 5 nitrogen and oxygen atoms in total. The van der Waals surface area contributed by atoms with Crippen molar-refractivity contribution in [2.75, 3.05) is 12.4 Å². The summed E-state index contributed by atoms with van der Waals surface area (Å²) in [6.45, 7) is 0. The topological polar surface area (TPSA) is 75.1 Å². The van der Waals surface area contributed by atoms with Crippen LogP contribution in [0.1, 0.15) is 10.4 Å². The Hall–Kier alpha value is -1.36. The maximum Gasteiger partial charge on any atom is 0.339 e. The average molecular weight is 190 g/mol. The van der Waals surface area contributed by atoms with Crippen LogP contribution in [0.5, 0.6) is 0 Å². The molecule has 0 fully saturated rings. The van der Waals surface area contributed by atoms with Gasteiger partial charge in [0.1, 0.15) is 5.56 Å². The number of nitrogens with zero attached hydrogens (tertiary/aromatic N) is 2. The van der Waals surface area contributed by atoms with Crippen molar-refractivity contribution in [2.24, 2.45) is 0 Å². The number of carbonyl (C=O) groups is 1. The zero-order chi connectivity index (χ0) is 8.27. The van der Waals surface area contributed by atoms with Crippen molar-refractivity contribution < 1.29 is 9.90 Å². The number of carboxylic acid groups (broad SMARTS) is 1. The molecular weight excluding hydrogens is 182 g/mol. The molecule has 0 aromatic carbocycles. The van der Waals surface area contributed by atoms with Crippen LogP contribution >= 0.6 is 12.4 Å². The van der Waals surface area contributed by atoms with E-state index in [0.29, 0.717) is 5.69 Å². The summed E-state index contributed by atoms with van der Waals surface area (Å²) >= 11 is 0. The summed E-state index contributed by atoms with van der Waals surface area (Å²) in [5.74, 6) is -1.01. The second-order valence-corrected chi connectivity index (χ2v) is 1.87. The molecule has 0 radical (unpaired) electrons. The molecule has 0 amide bonds. The summed E-state index contributed by atoms with van der Waals surface area (Å²) in [7, 11) is 1.63.